The number of ether oxygens (including phenoxy) is 1. The molecule has 23 heavy (non-hydrogen) atoms. The Balaban J connectivity index is 1.83. The van der Waals surface area contributed by atoms with Gasteiger partial charge in [0.25, 0.3) is 0 Å². The Morgan fingerprint density at radius 3 is 2.43 bits per heavy atom. The van der Waals surface area contributed by atoms with Gasteiger partial charge in [0.15, 0.2) is 11.6 Å². The van der Waals surface area contributed by atoms with E-state index in [1.165, 1.54) is 19.2 Å². The number of anilines is 1. The van der Waals surface area contributed by atoms with Crippen LogP contribution >= 0.6 is 15.9 Å². The summed E-state index contributed by atoms with van der Waals surface area (Å²) in [7, 11) is 1.41. The third-order valence-electron chi connectivity index (χ3n) is 4.45. The number of hydrogen-bond acceptors (Lipinski definition) is 2. The number of rotatable bonds is 4. The number of benzene rings is 2. The lowest BCUT2D eigenvalue weighted by atomic mass is 9.64. The van der Waals surface area contributed by atoms with Gasteiger partial charge in [0.2, 0.25) is 5.91 Å². The van der Waals surface area contributed by atoms with Crippen molar-refractivity contribution in [2.24, 2.45) is 0 Å². The molecule has 0 bridgehead atoms. The molecule has 0 heterocycles. The fraction of sp³-hybridized carbons (Fsp3) is 0.278. The van der Waals surface area contributed by atoms with Crippen molar-refractivity contribution in [2.45, 2.75) is 24.7 Å². The van der Waals surface area contributed by atoms with E-state index in [-0.39, 0.29) is 11.7 Å². The fourth-order valence-electron chi connectivity index (χ4n) is 2.94. The molecule has 0 aliphatic heterocycles. The van der Waals surface area contributed by atoms with Gasteiger partial charge in [0, 0.05) is 16.2 Å². The first-order valence-corrected chi connectivity index (χ1v) is 8.25. The van der Waals surface area contributed by atoms with Crippen LogP contribution in [0.25, 0.3) is 0 Å². The molecule has 2 aromatic rings. The summed E-state index contributed by atoms with van der Waals surface area (Å²) in [5.41, 5.74) is 0.923. The largest absolute Gasteiger partial charge is 0.494 e. The van der Waals surface area contributed by atoms with Crippen molar-refractivity contribution < 1.29 is 13.9 Å². The van der Waals surface area contributed by atoms with Crippen molar-refractivity contribution in [3.05, 3.63) is 58.3 Å². The number of halogens is 2. The van der Waals surface area contributed by atoms with Gasteiger partial charge >= 0.3 is 0 Å². The van der Waals surface area contributed by atoms with Crippen molar-refractivity contribution in [1.82, 2.24) is 0 Å². The molecular formula is C18H17BrFNO2. The normalized spacial score (nSPS) is 15.6. The average molecular weight is 378 g/mol. The summed E-state index contributed by atoms with van der Waals surface area (Å²) in [6, 6.07) is 12.3. The molecule has 120 valence electrons. The van der Waals surface area contributed by atoms with Crippen LogP contribution in [0.1, 0.15) is 24.8 Å². The van der Waals surface area contributed by atoms with Crippen molar-refractivity contribution in [3.8, 4) is 5.75 Å². The second-order valence-corrected chi connectivity index (χ2v) is 6.66. The maximum Gasteiger partial charge on any atom is 0.235 e. The topological polar surface area (TPSA) is 38.3 Å². The van der Waals surface area contributed by atoms with E-state index in [1.54, 1.807) is 6.07 Å². The highest BCUT2D eigenvalue weighted by Gasteiger charge is 2.45. The molecule has 1 saturated carbocycles. The summed E-state index contributed by atoms with van der Waals surface area (Å²) in [6.07, 6.45) is 2.62. The van der Waals surface area contributed by atoms with E-state index in [2.05, 4.69) is 21.2 Å². The Morgan fingerprint density at radius 1 is 1.22 bits per heavy atom. The second-order valence-electron chi connectivity index (χ2n) is 5.75. The minimum absolute atomic E-state index is 0.0874. The molecule has 2 aromatic carbocycles. The van der Waals surface area contributed by atoms with Crippen LogP contribution in [0.5, 0.6) is 5.75 Å². The molecule has 0 spiro atoms. The zero-order chi connectivity index (χ0) is 16.4. The van der Waals surface area contributed by atoms with Gasteiger partial charge in [0.05, 0.1) is 12.5 Å². The molecule has 0 atom stereocenters. The van der Waals surface area contributed by atoms with E-state index in [9.17, 15) is 9.18 Å². The van der Waals surface area contributed by atoms with Crippen LogP contribution in [0.2, 0.25) is 0 Å². The zero-order valence-electron chi connectivity index (χ0n) is 12.7. The van der Waals surface area contributed by atoms with Crippen molar-refractivity contribution in [2.75, 3.05) is 12.4 Å². The molecule has 5 heteroatoms. The minimum atomic E-state index is -0.517. The Labute approximate surface area is 143 Å². The minimum Gasteiger partial charge on any atom is -0.494 e. The van der Waals surface area contributed by atoms with Gasteiger partial charge in [0.1, 0.15) is 0 Å². The van der Waals surface area contributed by atoms with Crippen LogP contribution < -0.4 is 10.1 Å². The molecule has 0 radical (unpaired) electrons. The van der Waals surface area contributed by atoms with Crippen LogP contribution in [-0.4, -0.2) is 13.0 Å². The van der Waals surface area contributed by atoms with Gasteiger partial charge in [-0.05, 0) is 42.7 Å². The number of carbonyl (C=O) groups excluding carboxylic acids is 1. The number of carbonyl (C=O) groups is 1. The average Bonchev–Trinajstić information content (AvgIpc) is 2.48. The van der Waals surface area contributed by atoms with Crippen LogP contribution in [0, 0.1) is 5.82 Å². The zero-order valence-corrected chi connectivity index (χ0v) is 14.3. The van der Waals surface area contributed by atoms with Gasteiger partial charge in [-0.25, -0.2) is 4.39 Å². The van der Waals surface area contributed by atoms with Crippen molar-refractivity contribution in [3.63, 3.8) is 0 Å². The van der Waals surface area contributed by atoms with Gasteiger partial charge in [-0.3, -0.25) is 4.79 Å². The molecule has 1 amide bonds. The lowest BCUT2D eigenvalue weighted by molar-refractivity contribution is -0.124. The number of amides is 1. The Kier molecular flexibility index (Phi) is 4.39. The quantitative estimate of drug-likeness (QED) is 0.841. The molecular weight excluding hydrogens is 361 g/mol. The first-order chi connectivity index (χ1) is 11.0. The van der Waals surface area contributed by atoms with E-state index >= 15 is 0 Å². The molecule has 1 aliphatic rings. The van der Waals surface area contributed by atoms with Gasteiger partial charge in [-0.15, -0.1) is 0 Å². The highest BCUT2D eigenvalue weighted by atomic mass is 79.9. The third kappa shape index (κ3) is 2.98. The molecule has 1 N–H and O–H groups in total. The summed E-state index contributed by atoms with van der Waals surface area (Å²) in [4.78, 5) is 12.8. The van der Waals surface area contributed by atoms with E-state index in [4.69, 9.17) is 4.74 Å². The summed E-state index contributed by atoms with van der Waals surface area (Å²) in [5, 5.41) is 2.84. The number of methoxy groups -OCH3 is 1. The van der Waals surface area contributed by atoms with Gasteiger partial charge < -0.3 is 10.1 Å². The van der Waals surface area contributed by atoms with E-state index in [0.717, 1.165) is 29.3 Å². The monoisotopic (exact) mass is 377 g/mol. The van der Waals surface area contributed by atoms with E-state index in [0.29, 0.717) is 5.69 Å². The van der Waals surface area contributed by atoms with Crippen molar-refractivity contribution in [1.29, 1.82) is 0 Å². The highest BCUT2D eigenvalue weighted by molar-refractivity contribution is 9.10. The van der Waals surface area contributed by atoms with Crippen LogP contribution in [0.15, 0.2) is 46.9 Å². The molecule has 0 saturated heterocycles. The van der Waals surface area contributed by atoms with Gasteiger partial charge in [-0.2, -0.15) is 0 Å². The lowest BCUT2D eigenvalue weighted by Crippen LogP contribution is -2.46. The Morgan fingerprint density at radius 2 is 1.91 bits per heavy atom. The van der Waals surface area contributed by atoms with Crippen LogP contribution in [-0.2, 0) is 10.2 Å². The predicted molar refractivity (Wildman–Crippen MR) is 91.3 cm³/mol. The molecule has 3 nitrogen and oxygen atoms in total. The Bertz CT molecular complexity index is 726. The molecule has 3 rings (SSSR count). The summed E-state index contributed by atoms with van der Waals surface area (Å²) in [6.45, 7) is 0. The predicted octanol–water partition coefficient (Wildman–Crippen LogP) is 4.66. The fourth-order valence-corrected chi connectivity index (χ4v) is 3.21. The SMILES string of the molecule is COc1ccc(NC(=O)C2(c3ccc(Br)cc3)CCC2)cc1F. The van der Waals surface area contributed by atoms with E-state index in [1.807, 2.05) is 24.3 Å². The summed E-state index contributed by atoms with van der Waals surface area (Å²) in [5.74, 6) is -0.415. The summed E-state index contributed by atoms with van der Waals surface area (Å²) < 4.78 is 19.7. The van der Waals surface area contributed by atoms with Gasteiger partial charge in [-0.1, -0.05) is 34.5 Å². The standard InChI is InChI=1S/C18H17BrFNO2/c1-23-16-8-7-14(11-15(16)20)21-17(22)18(9-2-10-18)12-3-5-13(19)6-4-12/h3-8,11H,2,9-10H2,1H3,(H,21,22). The third-order valence-corrected chi connectivity index (χ3v) is 4.98. The number of hydrogen-bond donors (Lipinski definition) is 1. The molecule has 0 aromatic heterocycles. The van der Waals surface area contributed by atoms with Crippen LogP contribution in [0.3, 0.4) is 0 Å². The number of nitrogens with one attached hydrogen (secondary N) is 1. The smallest absolute Gasteiger partial charge is 0.235 e. The molecule has 1 fully saturated rings. The van der Waals surface area contributed by atoms with Crippen molar-refractivity contribution >= 4 is 27.5 Å². The maximum atomic E-state index is 13.8. The van der Waals surface area contributed by atoms with Crippen LogP contribution in [0.4, 0.5) is 10.1 Å². The lowest BCUT2D eigenvalue weighted by Gasteiger charge is -2.40. The highest BCUT2D eigenvalue weighted by Crippen LogP contribution is 2.45. The maximum absolute atomic E-state index is 13.8. The van der Waals surface area contributed by atoms with E-state index < -0.39 is 11.2 Å². The summed E-state index contributed by atoms with van der Waals surface area (Å²) >= 11 is 3.41. The second kappa shape index (κ2) is 6.32. The first kappa shape index (κ1) is 16.0. The first-order valence-electron chi connectivity index (χ1n) is 7.46. The molecule has 1 aliphatic carbocycles. The molecule has 0 unspecified atom stereocenters. The Hall–Kier alpha value is -1.88.